The number of nitro groups is 1. The van der Waals surface area contributed by atoms with E-state index >= 15 is 0 Å². The average Bonchev–Trinajstić information content (AvgIpc) is 2.28. The largest absolute Gasteiger partial charge is 0.415 e. The third-order valence-electron chi connectivity index (χ3n) is 2.87. The molecule has 1 rings (SSSR count). The van der Waals surface area contributed by atoms with Crippen LogP contribution in [0.2, 0.25) is 0 Å². The van der Waals surface area contributed by atoms with E-state index < -0.39 is 11.0 Å². The summed E-state index contributed by atoms with van der Waals surface area (Å²) in [6.07, 6.45) is -0.447. The van der Waals surface area contributed by atoms with Gasteiger partial charge in [-0.15, -0.1) is 0 Å². The van der Waals surface area contributed by atoms with Gasteiger partial charge in [0, 0.05) is 24.2 Å². The molecular weight excluding hydrogens is 248 g/mol. The summed E-state index contributed by atoms with van der Waals surface area (Å²) in [7, 11) is 0. The first-order chi connectivity index (χ1) is 8.90. The van der Waals surface area contributed by atoms with Crippen molar-refractivity contribution >= 4 is 11.8 Å². The van der Waals surface area contributed by atoms with E-state index in [1.165, 1.54) is 17.0 Å². The Kier molecular flexibility index (Phi) is 4.86. The predicted molar refractivity (Wildman–Crippen MR) is 71.5 cm³/mol. The standard InChI is InChI=1S/C13H18N2O4/c1-5-14(6-2)13(16)19-11-7-9(3)12(15(17)18)10(4)8-11/h7-8H,5-6H2,1-4H3. The third kappa shape index (κ3) is 3.43. The fourth-order valence-electron chi connectivity index (χ4n) is 1.91. The molecule has 0 saturated heterocycles. The predicted octanol–water partition coefficient (Wildman–Crippen LogP) is 3.05. The molecule has 0 heterocycles. The molecule has 6 nitrogen and oxygen atoms in total. The van der Waals surface area contributed by atoms with E-state index in [9.17, 15) is 14.9 Å². The molecule has 0 N–H and O–H groups in total. The Labute approximate surface area is 112 Å². The minimum Gasteiger partial charge on any atom is -0.410 e. The highest BCUT2D eigenvalue weighted by Gasteiger charge is 2.18. The molecule has 0 radical (unpaired) electrons. The van der Waals surface area contributed by atoms with Gasteiger partial charge in [-0.05, 0) is 39.8 Å². The lowest BCUT2D eigenvalue weighted by molar-refractivity contribution is -0.386. The van der Waals surface area contributed by atoms with Gasteiger partial charge in [0.15, 0.2) is 0 Å². The molecule has 0 atom stereocenters. The number of ether oxygens (including phenoxy) is 1. The summed E-state index contributed by atoms with van der Waals surface area (Å²) in [6, 6.07) is 3.01. The molecule has 0 bridgehead atoms. The van der Waals surface area contributed by atoms with Crippen molar-refractivity contribution in [1.82, 2.24) is 4.90 Å². The van der Waals surface area contributed by atoms with Crippen molar-refractivity contribution in [1.29, 1.82) is 0 Å². The number of carbonyl (C=O) groups excluding carboxylic acids is 1. The summed E-state index contributed by atoms with van der Waals surface area (Å²) in [6.45, 7) is 8.08. The molecule has 19 heavy (non-hydrogen) atoms. The van der Waals surface area contributed by atoms with Gasteiger partial charge >= 0.3 is 6.09 Å². The summed E-state index contributed by atoms with van der Waals surface area (Å²) in [5.74, 6) is 0.331. The van der Waals surface area contributed by atoms with Crippen molar-refractivity contribution < 1.29 is 14.5 Å². The van der Waals surface area contributed by atoms with Gasteiger partial charge in [-0.1, -0.05) is 0 Å². The molecule has 0 spiro atoms. The Hall–Kier alpha value is -2.11. The summed E-state index contributed by atoms with van der Waals surface area (Å²) >= 11 is 0. The number of nitrogens with zero attached hydrogens (tertiary/aromatic N) is 2. The number of hydrogen-bond donors (Lipinski definition) is 0. The quantitative estimate of drug-likeness (QED) is 0.620. The number of nitro benzene ring substituents is 1. The smallest absolute Gasteiger partial charge is 0.410 e. The first-order valence-corrected chi connectivity index (χ1v) is 6.13. The van der Waals surface area contributed by atoms with Gasteiger partial charge in [-0.3, -0.25) is 10.1 Å². The van der Waals surface area contributed by atoms with Crippen molar-refractivity contribution in [2.75, 3.05) is 13.1 Å². The summed E-state index contributed by atoms with van der Waals surface area (Å²) in [5.41, 5.74) is 1.02. The second-order valence-corrected chi connectivity index (χ2v) is 4.20. The van der Waals surface area contributed by atoms with Gasteiger partial charge < -0.3 is 9.64 Å². The second kappa shape index (κ2) is 6.17. The Morgan fingerprint density at radius 1 is 1.26 bits per heavy atom. The van der Waals surface area contributed by atoms with Gasteiger partial charge in [0.05, 0.1) is 4.92 Å². The highest BCUT2D eigenvalue weighted by Crippen LogP contribution is 2.28. The highest BCUT2D eigenvalue weighted by atomic mass is 16.6. The van der Waals surface area contributed by atoms with Gasteiger partial charge in [0.25, 0.3) is 5.69 Å². The second-order valence-electron chi connectivity index (χ2n) is 4.20. The minimum atomic E-state index is -0.447. The van der Waals surface area contributed by atoms with Crippen LogP contribution >= 0.6 is 0 Å². The Morgan fingerprint density at radius 3 is 2.11 bits per heavy atom. The van der Waals surface area contributed by atoms with Crippen LogP contribution in [0.1, 0.15) is 25.0 Å². The Balaban J connectivity index is 2.99. The lowest BCUT2D eigenvalue weighted by atomic mass is 10.1. The van der Waals surface area contributed by atoms with E-state index in [1.807, 2.05) is 13.8 Å². The lowest BCUT2D eigenvalue weighted by Crippen LogP contribution is -2.33. The third-order valence-corrected chi connectivity index (χ3v) is 2.87. The fourth-order valence-corrected chi connectivity index (χ4v) is 1.91. The molecule has 0 saturated carbocycles. The lowest BCUT2D eigenvalue weighted by Gasteiger charge is -2.18. The number of benzene rings is 1. The Bertz CT molecular complexity index is 472. The normalized spacial score (nSPS) is 10.1. The van der Waals surface area contributed by atoms with Crippen LogP contribution in [0.25, 0.3) is 0 Å². The van der Waals surface area contributed by atoms with E-state index in [4.69, 9.17) is 4.74 Å². The van der Waals surface area contributed by atoms with Crippen molar-refractivity contribution in [2.45, 2.75) is 27.7 Å². The van der Waals surface area contributed by atoms with Crippen LogP contribution in [0.5, 0.6) is 5.75 Å². The molecule has 104 valence electrons. The maximum atomic E-state index is 11.8. The topological polar surface area (TPSA) is 72.7 Å². The van der Waals surface area contributed by atoms with E-state index in [2.05, 4.69) is 0 Å². The van der Waals surface area contributed by atoms with Crippen LogP contribution in [0.15, 0.2) is 12.1 Å². The molecule has 1 amide bonds. The molecule has 1 aromatic rings. The number of aryl methyl sites for hydroxylation is 2. The zero-order valence-corrected chi connectivity index (χ0v) is 11.6. The number of hydrogen-bond acceptors (Lipinski definition) is 4. The minimum absolute atomic E-state index is 0.0580. The zero-order valence-electron chi connectivity index (χ0n) is 11.6. The fraction of sp³-hybridized carbons (Fsp3) is 0.462. The summed E-state index contributed by atoms with van der Waals surface area (Å²) < 4.78 is 5.22. The first-order valence-electron chi connectivity index (χ1n) is 6.13. The first kappa shape index (κ1) is 14.9. The van der Waals surface area contributed by atoms with Crippen LogP contribution < -0.4 is 4.74 Å². The molecule has 1 aromatic carbocycles. The highest BCUT2D eigenvalue weighted by molar-refractivity contribution is 5.71. The van der Waals surface area contributed by atoms with Crippen LogP contribution in [-0.2, 0) is 0 Å². The molecule has 0 aromatic heterocycles. The average molecular weight is 266 g/mol. The molecule has 0 aliphatic rings. The number of carbonyl (C=O) groups is 1. The van der Waals surface area contributed by atoms with Gasteiger partial charge in [-0.2, -0.15) is 0 Å². The van der Waals surface area contributed by atoms with Crippen molar-refractivity contribution in [3.05, 3.63) is 33.4 Å². The van der Waals surface area contributed by atoms with E-state index in [-0.39, 0.29) is 5.69 Å². The van der Waals surface area contributed by atoms with Crippen molar-refractivity contribution in [3.63, 3.8) is 0 Å². The Morgan fingerprint density at radius 2 is 1.74 bits per heavy atom. The van der Waals surface area contributed by atoms with Crippen molar-refractivity contribution in [3.8, 4) is 5.75 Å². The number of amides is 1. The van der Waals surface area contributed by atoms with E-state index in [0.29, 0.717) is 30.0 Å². The van der Waals surface area contributed by atoms with Gasteiger partial charge in [0.2, 0.25) is 0 Å². The molecule has 6 heteroatoms. The van der Waals surface area contributed by atoms with Gasteiger partial charge in [0.1, 0.15) is 5.75 Å². The van der Waals surface area contributed by atoms with Gasteiger partial charge in [-0.25, -0.2) is 4.79 Å². The molecule has 0 unspecified atom stereocenters. The van der Waals surface area contributed by atoms with E-state index in [0.717, 1.165) is 0 Å². The van der Waals surface area contributed by atoms with Crippen LogP contribution in [0, 0.1) is 24.0 Å². The molecule has 0 aliphatic heterocycles. The SMILES string of the molecule is CCN(CC)C(=O)Oc1cc(C)c([N+](=O)[O-])c(C)c1. The molecule has 0 aliphatic carbocycles. The van der Waals surface area contributed by atoms with Crippen LogP contribution in [0.4, 0.5) is 10.5 Å². The van der Waals surface area contributed by atoms with Crippen LogP contribution in [-0.4, -0.2) is 29.0 Å². The van der Waals surface area contributed by atoms with Crippen molar-refractivity contribution in [2.24, 2.45) is 0 Å². The summed E-state index contributed by atoms with van der Waals surface area (Å²) in [5, 5.41) is 10.9. The number of rotatable bonds is 4. The zero-order chi connectivity index (χ0) is 14.6. The summed E-state index contributed by atoms with van der Waals surface area (Å²) in [4.78, 5) is 23.8. The van der Waals surface area contributed by atoms with Crippen LogP contribution in [0.3, 0.4) is 0 Å². The van der Waals surface area contributed by atoms with E-state index in [1.54, 1.807) is 13.8 Å². The monoisotopic (exact) mass is 266 g/mol. The molecule has 0 fully saturated rings. The maximum absolute atomic E-state index is 11.8. The molecular formula is C13H18N2O4. The maximum Gasteiger partial charge on any atom is 0.415 e.